The van der Waals surface area contributed by atoms with Crippen molar-refractivity contribution in [2.75, 3.05) is 41.0 Å². The fraction of sp³-hybridized carbons (Fsp3) is 0.667. The molecule has 0 amide bonds. The third kappa shape index (κ3) is 5.21. The van der Waals surface area contributed by atoms with E-state index in [1.807, 2.05) is 12.1 Å². The first-order chi connectivity index (χ1) is 13.1. The van der Waals surface area contributed by atoms with E-state index in [-0.39, 0.29) is 0 Å². The van der Waals surface area contributed by atoms with Crippen LogP contribution >= 0.6 is 0 Å². The molecule has 0 unspecified atom stereocenters. The zero-order valence-electron chi connectivity index (χ0n) is 17.5. The van der Waals surface area contributed by atoms with Crippen LogP contribution in [-0.2, 0) is 6.42 Å². The van der Waals surface area contributed by atoms with Crippen molar-refractivity contribution in [2.24, 2.45) is 10.4 Å². The van der Waals surface area contributed by atoms with Gasteiger partial charge in [-0.25, -0.2) is 0 Å². The molecule has 1 aromatic carbocycles. The van der Waals surface area contributed by atoms with Crippen LogP contribution in [0.15, 0.2) is 17.1 Å². The van der Waals surface area contributed by atoms with Gasteiger partial charge in [0.1, 0.15) is 0 Å². The van der Waals surface area contributed by atoms with Crippen LogP contribution in [0.25, 0.3) is 0 Å². The van der Waals surface area contributed by atoms with E-state index < -0.39 is 0 Å². The maximum absolute atomic E-state index is 5.57. The summed E-state index contributed by atoms with van der Waals surface area (Å²) < 4.78 is 16.4. The van der Waals surface area contributed by atoms with Crippen LogP contribution < -0.4 is 24.8 Å². The van der Waals surface area contributed by atoms with E-state index in [2.05, 4.69) is 24.5 Å². The Morgan fingerprint density at radius 2 is 1.78 bits per heavy atom. The molecule has 0 spiro atoms. The summed E-state index contributed by atoms with van der Waals surface area (Å²) in [6.45, 7) is 6.88. The lowest BCUT2D eigenvalue weighted by molar-refractivity contribution is 0.139. The predicted octanol–water partition coefficient (Wildman–Crippen LogP) is 3.39. The van der Waals surface area contributed by atoms with E-state index in [1.54, 1.807) is 21.3 Å². The normalized spacial score (nSPS) is 15.7. The summed E-state index contributed by atoms with van der Waals surface area (Å²) in [6.07, 6.45) is 5.95. The Bertz CT molecular complexity index is 622. The summed E-state index contributed by atoms with van der Waals surface area (Å²) in [4.78, 5) is 4.83. The standard InChI is InChI=1S/C21H35N3O3/c1-6-21(12-8-13-21)15-24-20(22-7-2)23-14-11-16-9-10-17(25-3)19(27-5)18(16)26-4/h9-10H,6-8,11-15H2,1-5H3,(H2,22,23,24). The Labute approximate surface area is 163 Å². The number of aliphatic imine (C=N–C) groups is 1. The number of nitrogens with zero attached hydrogens (tertiary/aromatic N) is 1. The van der Waals surface area contributed by atoms with Crippen molar-refractivity contribution in [3.63, 3.8) is 0 Å². The van der Waals surface area contributed by atoms with Crippen molar-refractivity contribution in [1.29, 1.82) is 0 Å². The van der Waals surface area contributed by atoms with Gasteiger partial charge in [-0.1, -0.05) is 19.4 Å². The Balaban J connectivity index is 2.00. The van der Waals surface area contributed by atoms with Crippen LogP contribution in [0.2, 0.25) is 0 Å². The first kappa shape index (κ1) is 21.2. The van der Waals surface area contributed by atoms with E-state index in [1.165, 1.54) is 25.7 Å². The highest BCUT2D eigenvalue weighted by Crippen LogP contribution is 2.44. The topological polar surface area (TPSA) is 64.1 Å². The third-order valence-electron chi connectivity index (χ3n) is 5.55. The maximum atomic E-state index is 5.57. The average molecular weight is 378 g/mol. The molecule has 6 nitrogen and oxygen atoms in total. The van der Waals surface area contributed by atoms with E-state index in [4.69, 9.17) is 19.2 Å². The Hall–Kier alpha value is -2.11. The number of ether oxygens (including phenoxy) is 3. The molecule has 2 rings (SSSR count). The highest BCUT2D eigenvalue weighted by Gasteiger charge is 2.34. The maximum Gasteiger partial charge on any atom is 0.203 e. The van der Waals surface area contributed by atoms with Crippen LogP contribution in [0.5, 0.6) is 17.2 Å². The van der Waals surface area contributed by atoms with Crippen molar-refractivity contribution < 1.29 is 14.2 Å². The first-order valence-electron chi connectivity index (χ1n) is 9.93. The smallest absolute Gasteiger partial charge is 0.203 e. The van der Waals surface area contributed by atoms with Crippen molar-refractivity contribution in [3.05, 3.63) is 17.7 Å². The number of nitrogens with one attached hydrogen (secondary N) is 2. The first-order valence-corrected chi connectivity index (χ1v) is 9.93. The largest absolute Gasteiger partial charge is 0.493 e. The van der Waals surface area contributed by atoms with E-state index in [0.717, 1.165) is 43.3 Å². The summed E-state index contributed by atoms with van der Waals surface area (Å²) >= 11 is 0. The molecule has 1 saturated carbocycles. The third-order valence-corrected chi connectivity index (χ3v) is 5.55. The van der Waals surface area contributed by atoms with Gasteiger partial charge in [0.25, 0.3) is 0 Å². The molecule has 27 heavy (non-hydrogen) atoms. The lowest BCUT2D eigenvalue weighted by atomic mass is 9.67. The highest BCUT2D eigenvalue weighted by molar-refractivity contribution is 5.79. The van der Waals surface area contributed by atoms with E-state index in [0.29, 0.717) is 16.9 Å². The number of benzene rings is 1. The fourth-order valence-electron chi connectivity index (χ4n) is 3.56. The molecular formula is C21H35N3O3. The van der Waals surface area contributed by atoms with Gasteiger partial charge >= 0.3 is 0 Å². The molecule has 0 aliphatic heterocycles. The van der Waals surface area contributed by atoms with Crippen LogP contribution in [-0.4, -0.2) is 46.9 Å². The number of hydrogen-bond acceptors (Lipinski definition) is 4. The monoisotopic (exact) mass is 377 g/mol. The van der Waals surface area contributed by atoms with Gasteiger partial charge in [0, 0.05) is 25.2 Å². The van der Waals surface area contributed by atoms with E-state index in [9.17, 15) is 0 Å². The molecule has 0 saturated heterocycles. The minimum absolute atomic E-state index is 0.426. The Morgan fingerprint density at radius 3 is 2.30 bits per heavy atom. The lowest BCUT2D eigenvalue weighted by Gasteiger charge is -2.40. The van der Waals surface area contributed by atoms with Crippen LogP contribution in [0.3, 0.4) is 0 Å². The van der Waals surface area contributed by atoms with Crippen molar-refractivity contribution in [2.45, 2.75) is 46.0 Å². The number of hydrogen-bond donors (Lipinski definition) is 2. The number of guanidine groups is 1. The second-order valence-corrected chi connectivity index (χ2v) is 7.07. The van der Waals surface area contributed by atoms with Gasteiger partial charge in [-0.15, -0.1) is 0 Å². The van der Waals surface area contributed by atoms with Crippen molar-refractivity contribution >= 4 is 5.96 Å². The van der Waals surface area contributed by atoms with Gasteiger partial charge in [0.15, 0.2) is 17.5 Å². The molecule has 152 valence electrons. The molecular weight excluding hydrogens is 342 g/mol. The van der Waals surface area contributed by atoms with Gasteiger partial charge in [-0.2, -0.15) is 0 Å². The molecule has 1 aromatic rings. The van der Waals surface area contributed by atoms with Crippen LogP contribution in [0.4, 0.5) is 0 Å². The summed E-state index contributed by atoms with van der Waals surface area (Å²) in [5.41, 5.74) is 1.50. The van der Waals surface area contributed by atoms with E-state index >= 15 is 0 Å². The van der Waals surface area contributed by atoms with Gasteiger partial charge in [-0.3, -0.25) is 4.99 Å². The molecule has 1 aliphatic rings. The van der Waals surface area contributed by atoms with Gasteiger partial charge < -0.3 is 24.8 Å². The minimum Gasteiger partial charge on any atom is -0.493 e. The SMILES string of the molecule is CCNC(=NCC1(CC)CCC1)NCCc1ccc(OC)c(OC)c1OC. The molecule has 0 heterocycles. The molecule has 6 heteroatoms. The second-order valence-electron chi connectivity index (χ2n) is 7.07. The molecule has 0 aromatic heterocycles. The lowest BCUT2D eigenvalue weighted by Crippen LogP contribution is -2.40. The summed E-state index contributed by atoms with van der Waals surface area (Å²) in [5.74, 6) is 2.91. The molecule has 1 fully saturated rings. The number of methoxy groups -OCH3 is 3. The molecule has 0 bridgehead atoms. The summed E-state index contributed by atoms with van der Waals surface area (Å²) in [7, 11) is 4.91. The minimum atomic E-state index is 0.426. The molecule has 0 atom stereocenters. The second kappa shape index (κ2) is 10.3. The fourth-order valence-corrected chi connectivity index (χ4v) is 3.56. The molecule has 0 radical (unpaired) electrons. The molecule has 2 N–H and O–H groups in total. The van der Waals surface area contributed by atoms with Gasteiger partial charge in [0.2, 0.25) is 5.75 Å². The summed E-state index contributed by atoms with van der Waals surface area (Å²) in [5, 5.41) is 6.79. The Morgan fingerprint density at radius 1 is 1.04 bits per heavy atom. The summed E-state index contributed by atoms with van der Waals surface area (Å²) in [6, 6.07) is 3.93. The van der Waals surface area contributed by atoms with Crippen LogP contribution in [0.1, 0.15) is 45.1 Å². The quantitative estimate of drug-likeness (QED) is 0.483. The van der Waals surface area contributed by atoms with Crippen LogP contribution in [0, 0.1) is 5.41 Å². The highest BCUT2D eigenvalue weighted by atomic mass is 16.5. The van der Waals surface area contributed by atoms with Crippen molar-refractivity contribution in [1.82, 2.24) is 10.6 Å². The van der Waals surface area contributed by atoms with Gasteiger partial charge in [-0.05, 0) is 44.1 Å². The average Bonchev–Trinajstić information content (AvgIpc) is 2.66. The van der Waals surface area contributed by atoms with Gasteiger partial charge in [0.05, 0.1) is 21.3 Å². The zero-order valence-corrected chi connectivity index (χ0v) is 17.5. The zero-order chi connectivity index (χ0) is 19.7. The predicted molar refractivity (Wildman–Crippen MR) is 110 cm³/mol. The Kier molecular flexibility index (Phi) is 8.07. The molecule has 1 aliphatic carbocycles. The van der Waals surface area contributed by atoms with Crippen molar-refractivity contribution in [3.8, 4) is 17.2 Å². The number of rotatable bonds is 10.